The van der Waals surface area contributed by atoms with Gasteiger partial charge in [0, 0.05) is 5.39 Å². The van der Waals surface area contributed by atoms with E-state index in [9.17, 15) is 5.11 Å². The Morgan fingerprint density at radius 3 is 1.85 bits per heavy atom. The van der Waals surface area contributed by atoms with E-state index >= 15 is 0 Å². The fraction of sp³-hybridized carbons (Fsp3) is 0.182. The number of fused-ring (bicyclic) bond motifs is 1. The Labute approximate surface area is 249 Å². The van der Waals surface area contributed by atoms with Gasteiger partial charge in [-0.3, -0.25) is 0 Å². The van der Waals surface area contributed by atoms with E-state index in [0.717, 1.165) is 39.0 Å². The molecule has 0 atom stereocenters. The van der Waals surface area contributed by atoms with Gasteiger partial charge in [0.05, 0.1) is 0 Å². The Bertz CT molecular complexity index is 1540. The molecule has 39 heavy (non-hydrogen) atoms. The number of aromatic nitrogens is 1. The molecule has 4 aromatic carbocycles. The van der Waals surface area contributed by atoms with Gasteiger partial charge in [-0.1, -0.05) is 86.6 Å². The minimum absolute atomic E-state index is 0.238. The van der Waals surface area contributed by atoms with E-state index in [1.165, 1.54) is 0 Å². The summed E-state index contributed by atoms with van der Waals surface area (Å²) in [6.45, 7) is 10.5. The van der Waals surface area contributed by atoms with Gasteiger partial charge in [-0.25, -0.2) is 0 Å². The summed E-state index contributed by atoms with van der Waals surface area (Å²) < 4.78 is 6.84. The van der Waals surface area contributed by atoms with E-state index < -0.39 is 17.9 Å². The van der Waals surface area contributed by atoms with Crippen molar-refractivity contribution < 1.29 is 23.0 Å². The summed E-state index contributed by atoms with van der Waals surface area (Å²) in [5.41, 5.74) is 5.41. The normalized spacial score (nSPS) is 10.5. The second kappa shape index (κ2) is 14.5. The summed E-state index contributed by atoms with van der Waals surface area (Å²) in [6.07, 6.45) is 0. The first-order chi connectivity index (χ1) is 18.5. The van der Waals surface area contributed by atoms with Gasteiger partial charge in [-0.2, -0.15) is 11.4 Å². The summed E-state index contributed by atoms with van der Waals surface area (Å²) in [5, 5.41) is 13.3. The molecule has 0 aliphatic rings. The molecule has 0 bridgehead atoms. The van der Waals surface area contributed by atoms with Crippen LogP contribution in [-0.4, -0.2) is 9.51 Å². The topological polar surface area (TPSA) is 46.7 Å². The van der Waals surface area contributed by atoms with Crippen LogP contribution in [0.1, 0.15) is 32.2 Å². The van der Waals surface area contributed by atoms with Crippen molar-refractivity contribution >= 4 is 44.1 Å². The average Bonchev–Trinajstić information content (AvgIpc) is 3.28. The third kappa shape index (κ3) is 9.69. The number of hydrogen-bond acceptors (Lipinski definition) is 2. The van der Waals surface area contributed by atoms with Crippen molar-refractivity contribution in [3.05, 3.63) is 118 Å². The van der Waals surface area contributed by atoms with Crippen molar-refractivity contribution in [1.82, 2.24) is 4.98 Å². The largest absolute Gasteiger partial charge is 0.665 e. The van der Waals surface area contributed by atoms with Crippen molar-refractivity contribution in [2.75, 3.05) is 0 Å². The molecule has 1 aromatic heterocycles. The maximum atomic E-state index is 10.0. The summed E-state index contributed by atoms with van der Waals surface area (Å²) in [6, 6.07) is 31.3. The number of phenolic OH excluding ortho intramolecular Hbond substituents is 1. The summed E-state index contributed by atoms with van der Waals surface area (Å²) in [4.78, 5) is 4.11. The molecular formula is C33H33Cl2N2OW-. The number of rotatable bonds is 2. The standard InChI is InChI=1S/C16H12O.C6H3Cl2N.C6H8N.C5H10.W/c17-15-11-5-9-13-8-4-10-14(16(13)15)12-6-2-1-3-7-12;7-4-2-1-3-5(8)6(4)9;1-5-3-4-6(2)7-5;1-5(2,3)4;/h1-11,17H;1-3H;3-4H,1-2H3;1H,2-4H3;/q;;-1;;. The van der Waals surface area contributed by atoms with Crippen LogP contribution in [0.15, 0.2) is 101 Å². The van der Waals surface area contributed by atoms with E-state index in [0.29, 0.717) is 15.8 Å². The van der Waals surface area contributed by atoms with Gasteiger partial charge in [-0.15, -0.1) is 0 Å². The van der Waals surface area contributed by atoms with Gasteiger partial charge in [-0.05, 0) is 22.6 Å². The molecule has 0 radical (unpaired) electrons. The number of aromatic hydroxyl groups is 1. The Kier molecular flexibility index (Phi) is 11.4. The molecule has 0 saturated carbocycles. The van der Waals surface area contributed by atoms with Crippen LogP contribution in [0.4, 0.5) is 5.69 Å². The van der Waals surface area contributed by atoms with Crippen LogP contribution in [-0.2, 0) is 17.9 Å². The van der Waals surface area contributed by atoms with Gasteiger partial charge in [0.2, 0.25) is 0 Å². The Balaban J connectivity index is 0.000000175. The quantitative estimate of drug-likeness (QED) is 0.197. The first-order valence-corrected chi connectivity index (χ1v) is 16.3. The van der Waals surface area contributed by atoms with Crippen LogP contribution in [0.5, 0.6) is 5.75 Å². The average molecular weight is 728 g/mol. The van der Waals surface area contributed by atoms with E-state index in [4.69, 9.17) is 23.2 Å². The van der Waals surface area contributed by atoms with Crippen molar-refractivity contribution in [3.63, 3.8) is 0 Å². The monoisotopic (exact) mass is 727 g/mol. The van der Waals surface area contributed by atoms with Gasteiger partial charge in [0.15, 0.2) is 0 Å². The van der Waals surface area contributed by atoms with Crippen molar-refractivity contribution in [2.45, 2.75) is 34.6 Å². The zero-order chi connectivity index (χ0) is 28.4. The molecule has 0 aliphatic heterocycles. The zero-order valence-electron chi connectivity index (χ0n) is 22.8. The predicted molar refractivity (Wildman–Crippen MR) is 164 cm³/mol. The van der Waals surface area contributed by atoms with Crippen molar-refractivity contribution in [2.24, 2.45) is 8.91 Å². The van der Waals surface area contributed by atoms with Crippen molar-refractivity contribution in [1.29, 1.82) is 0 Å². The molecule has 1 N–H and O–H groups in total. The van der Waals surface area contributed by atoms with Gasteiger partial charge in [0.1, 0.15) is 5.75 Å². The number of nitrogens with zero attached hydrogens (tertiary/aromatic N) is 2. The molecule has 0 amide bonds. The maximum Gasteiger partial charge on any atom is 0.124 e. The fourth-order valence-corrected chi connectivity index (χ4v) is 6.88. The molecule has 0 saturated heterocycles. The molecule has 202 valence electrons. The first-order valence-electron chi connectivity index (χ1n) is 12.5. The van der Waals surface area contributed by atoms with E-state index in [2.05, 4.69) is 45.8 Å². The van der Waals surface area contributed by atoms with E-state index in [1.54, 1.807) is 6.07 Å². The third-order valence-corrected chi connectivity index (χ3v) is 9.94. The molecule has 0 aliphatic carbocycles. The second-order valence-corrected chi connectivity index (χ2v) is 13.1. The van der Waals surface area contributed by atoms with Gasteiger partial charge < -0.3 is 10.1 Å². The third-order valence-electron chi connectivity index (χ3n) is 5.37. The van der Waals surface area contributed by atoms with Crippen LogP contribution >= 0.6 is 23.2 Å². The maximum absolute atomic E-state index is 10.0. The van der Waals surface area contributed by atoms with Gasteiger partial charge in [0.25, 0.3) is 0 Å². The first kappa shape index (κ1) is 30.7. The Morgan fingerprint density at radius 2 is 1.31 bits per heavy atom. The summed E-state index contributed by atoms with van der Waals surface area (Å²) >= 11 is 11.2. The smallest absolute Gasteiger partial charge is 0.124 e. The number of aryl methyl sites for hydroxylation is 2. The molecule has 0 unspecified atom stereocenters. The number of phenols is 1. The van der Waals surface area contributed by atoms with E-state index in [-0.39, 0.29) is 5.41 Å². The minimum atomic E-state index is -0.850. The van der Waals surface area contributed by atoms with Crippen LogP contribution < -0.4 is 4.98 Å². The molecule has 6 heteroatoms. The predicted octanol–water partition coefficient (Wildman–Crippen LogP) is 10.2. The number of halogens is 2. The Morgan fingerprint density at radius 1 is 0.744 bits per heavy atom. The number of benzene rings is 4. The molecule has 0 fully saturated rings. The molecule has 5 rings (SSSR count). The van der Waals surface area contributed by atoms with Crippen LogP contribution in [0.3, 0.4) is 0 Å². The molecular weight excluding hydrogens is 695 g/mol. The SMILES string of the molecule is CC(C)(C)[CH]=[W]=[N]c1c(Cl)cccc1Cl.Cc1ccc(C)[n-]1.Oc1cccc2cccc(-c3ccccc3)c12. The van der Waals surface area contributed by atoms with Crippen LogP contribution in [0, 0.1) is 19.3 Å². The van der Waals surface area contributed by atoms with Crippen LogP contribution in [0.2, 0.25) is 10.0 Å². The molecule has 0 spiro atoms. The van der Waals surface area contributed by atoms with Gasteiger partial charge >= 0.3 is 109 Å². The van der Waals surface area contributed by atoms with E-state index in [1.807, 2.05) is 92.7 Å². The summed E-state index contributed by atoms with van der Waals surface area (Å²) in [5.74, 6) is 0.335. The molecule has 1 heterocycles. The second-order valence-electron chi connectivity index (χ2n) is 10.0. The fourth-order valence-electron chi connectivity index (χ4n) is 3.59. The molecule has 5 aromatic rings. The molecule has 3 nitrogen and oxygen atoms in total. The number of hydrogen-bond donors (Lipinski definition) is 1. The Hall–Kier alpha value is -2.84. The van der Waals surface area contributed by atoms with Crippen LogP contribution in [0.25, 0.3) is 21.9 Å². The zero-order valence-corrected chi connectivity index (χ0v) is 27.3. The minimum Gasteiger partial charge on any atom is -0.665 e. The summed E-state index contributed by atoms with van der Waals surface area (Å²) in [7, 11) is 0. The van der Waals surface area contributed by atoms with Crippen molar-refractivity contribution in [3.8, 4) is 16.9 Å².